The Morgan fingerprint density at radius 1 is 1.29 bits per heavy atom. The van der Waals surface area contributed by atoms with Gasteiger partial charge >= 0.3 is 5.97 Å². The minimum atomic E-state index is -0.907. The standard InChI is InChI=1S/C16H22BrNO3/c1-15(2)9-18(10-16(3,4)21-15)8-12-6-5-11(14(19)20)7-13(12)17/h5-7H,8-10H2,1-4H3,(H,19,20). The fourth-order valence-electron chi connectivity index (χ4n) is 3.11. The topological polar surface area (TPSA) is 49.8 Å². The molecule has 0 unspecified atom stereocenters. The Kier molecular flexibility index (Phi) is 4.47. The Balaban J connectivity index is 2.16. The highest BCUT2D eigenvalue weighted by atomic mass is 79.9. The Morgan fingerprint density at radius 3 is 2.33 bits per heavy atom. The molecule has 0 bridgehead atoms. The Hall–Kier alpha value is -0.910. The molecule has 1 aromatic rings. The lowest BCUT2D eigenvalue weighted by Gasteiger charge is -2.47. The summed E-state index contributed by atoms with van der Waals surface area (Å²) < 4.78 is 6.92. The number of halogens is 1. The van der Waals surface area contributed by atoms with Crippen molar-refractivity contribution in [3.63, 3.8) is 0 Å². The predicted molar refractivity (Wildman–Crippen MR) is 85.6 cm³/mol. The van der Waals surface area contributed by atoms with Crippen LogP contribution in [0.15, 0.2) is 22.7 Å². The molecule has 0 atom stereocenters. The first-order valence-corrected chi connectivity index (χ1v) is 7.82. The highest BCUT2D eigenvalue weighted by molar-refractivity contribution is 9.10. The van der Waals surface area contributed by atoms with Gasteiger partial charge in [0, 0.05) is 24.1 Å². The molecule has 0 amide bonds. The summed E-state index contributed by atoms with van der Waals surface area (Å²) in [6.07, 6.45) is 0. The maximum atomic E-state index is 11.0. The molecule has 1 heterocycles. The summed E-state index contributed by atoms with van der Waals surface area (Å²) >= 11 is 3.48. The van der Waals surface area contributed by atoms with Crippen LogP contribution < -0.4 is 0 Å². The van der Waals surface area contributed by atoms with Gasteiger partial charge in [0.25, 0.3) is 0 Å². The first-order valence-electron chi connectivity index (χ1n) is 7.02. The first kappa shape index (κ1) is 16.5. The molecule has 0 aromatic heterocycles. The number of nitrogens with zero attached hydrogens (tertiary/aromatic N) is 1. The molecule has 1 aliphatic rings. The average molecular weight is 356 g/mol. The molecular formula is C16H22BrNO3. The van der Waals surface area contributed by atoms with E-state index in [2.05, 4.69) is 48.5 Å². The van der Waals surface area contributed by atoms with Gasteiger partial charge in [-0.05, 0) is 45.4 Å². The number of aromatic carboxylic acids is 1. The molecule has 116 valence electrons. The van der Waals surface area contributed by atoms with E-state index in [0.717, 1.165) is 29.7 Å². The van der Waals surface area contributed by atoms with Crippen molar-refractivity contribution in [1.82, 2.24) is 4.90 Å². The first-order chi connectivity index (χ1) is 9.58. The summed E-state index contributed by atoms with van der Waals surface area (Å²) in [5, 5.41) is 9.01. The summed E-state index contributed by atoms with van der Waals surface area (Å²) in [7, 11) is 0. The third-order valence-electron chi connectivity index (χ3n) is 3.46. The summed E-state index contributed by atoms with van der Waals surface area (Å²) in [5.41, 5.74) is 1.02. The number of benzene rings is 1. The van der Waals surface area contributed by atoms with Crippen LogP contribution in [-0.2, 0) is 11.3 Å². The number of morpholine rings is 1. The third kappa shape index (κ3) is 4.28. The largest absolute Gasteiger partial charge is 0.478 e. The zero-order chi connectivity index (χ0) is 15.8. The van der Waals surface area contributed by atoms with Crippen LogP contribution in [-0.4, -0.2) is 40.3 Å². The van der Waals surface area contributed by atoms with Crippen LogP contribution in [0.1, 0.15) is 43.6 Å². The second-order valence-electron chi connectivity index (χ2n) is 6.88. The molecule has 1 aromatic carbocycles. The van der Waals surface area contributed by atoms with Crippen molar-refractivity contribution >= 4 is 21.9 Å². The fourth-order valence-corrected chi connectivity index (χ4v) is 3.61. The SMILES string of the molecule is CC1(C)CN(Cc2ccc(C(=O)O)cc2Br)CC(C)(C)O1. The second-order valence-corrected chi connectivity index (χ2v) is 7.73. The number of ether oxygens (including phenoxy) is 1. The van der Waals surface area contributed by atoms with Crippen molar-refractivity contribution in [2.45, 2.75) is 45.4 Å². The summed E-state index contributed by atoms with van der Waals surface area (Å²) in [6.45, 7) is 10.9. The van der Waals surface area contributed by atoms with Crippen LogP contribution >= 0.6 is 15.9 Å². The lowest BCUT2D eigenvalue weighted by atomic mass is 9.98. The fraction of sp³-hybridized carbons (Fsp3) is 0.562. The van der Waals surface area contributed by atoms with E-state index in [9.17, 15) is 4.79 Å². The van der Waals surface area contributed by atoms with Gasteiger partial charge in [0.1, 0.15) is 0 Å². The summed E-state index contributed by atoms with van der Waals surface area (Å²) in [4.78, 5) is 13.3. The molecule has 4 nitrogen and oxygen atoms in total. The quantitative estimate of drug-likeness (QED) is 0.900. The monoisotopic (exact) mass is 355 g/mol. The van der Waals surface area contributed by atoms with Gasteiger partial charge in [-0.3, -0.25) is 4.90 Å². The van der Waals surface area contributed by atoms with Gasteiger partial charge < -0.3 is 9.84 Å². The van der Waals surface area contributed by atoms with Crippen molar-refractivity contribution in [3.8, 4) is 0 Å². The molecule has 1 saturated heterocycles. The maximum absolute atomic E-state index is 11.0. The van der Waals surface area contributed by atoms with Gasteiger partial charge in [-0.15, -0.1) is 0 Å². The van der Waals surface area contributed by atoms with E-state index in [0.29, 0.717) is 5.56 Å². The van der Waals surface area contributed by atoms with Crippen LogP contribution in [0.5, 0.6) is 0 Å². The van der Waals surface area contributed by atoms with E-state index in [1.165, 1.54) is 0 Å². The van der Waals surface area contributed by atoms with Crippen molar-refractivity contribution in [1.29, 1.82) is 0 Å². The van der Waals surface area contributed by atoms with Crippen LogP contribution in [0.4, 0.5) is 0 Å². The molecule has 0 spiro atoms. The predicted octanol–water partition coefficient (Wildman–Crippen LogP) is 3.54. The lowest BCUT2D eigenvalue weighted by Crippen LogP contribution is -2.56. The van der Waals surface area contributed by atoms with Crippen LogP contribution in [0, 0.1) is 0 Å². The van der Waals surface area contributed by atoms with Crippen LogP contribution in [0.25, 0.3) is 0 Å². The lowest BCUT2D eigenvalue weighted by molar-refractivity contribution is -0.182. The van der Waals surface area contributed by atoms with Gasteiger partial charge in [0.05, 0.1) is 16.8 Å². The van der Waals surface area contributed by atoms with E-state index >= 15 is 0 Å². The minimum Gasteiger partial charge on any atom is -0.478 e. The molecule has 0 aliphatic carbocycles. The van der Waals surface area contributed by atoms with E-state index in [1.807, 2.05) is 6.07 Å². The Morgan fingerprint density at radius 2 is 1.86 bits per heavy atom. The molecule has 1 aliphatic heterocycles. The summed E-state index contributed by atoms with van der Waals surface area (Å²) in [5.74, 6) is -0.907. The van der Waals surface area contributed by atoms with E-state index in [-0.39, 0.29) is 11.2 Å². The van der Waals surface area contributed by atoms with Gasteiger partial charge in [-0.2, -0.15) is 0 Å². The van der Waals surface area contributed by atoms with Gasteiger partial charge in [-0.1, -0.05) is 22.0 Å². The molecule has 5 heteroatoms. The van der Waals surface area contributed by atoms with Crippen LogP contribution in [0.2, 0.25) is 0 Å². The normalized spacial score (nSPS) is 21.2. The molecule has 1 N–H and O–H groups in total. The van der Waals surface area contributed by atoms with Crippen molar-refractivity contribution in [3.05, 3.63) is 33.8 Å². The van der Waals surface area contributed by atoms with Gasteiger partial charge in [-0.25, -0.2) is 4.79 Å². The Bertz CT molecular complexity index is 538. The highest BCUT2D eigenvalue weighted by Gasteiger charge is 2.38. The Labute approximate surface area is 134 Å². The maximum Gasteiger partial charge on any atom is 0.335 e. The minimum absolute atomic E-state index is 0.185. The number of carbonyl (C=O) groups is 1. The molecule has 21 heavy (non-hydrogen) atoms. The molecule has 0 radical (unpaired) electrons. The molecule has 2 rings (SSSR count). The number of carboxylic acids is 1. The zero-order valence-electron chi connectivity index (χ0n) is 12.9. The number of carboxylic acid groups (broad SMARTS) is 1. The van der Waals surface area contributed by atoms with E-state index in [1.54, 1.807) is 12.1 Å². The van der Waals surface area contributed by atoms with Gasteiger partial charge in [0.2, 0.25) is 0 Å². The third-order valence-corrected chi connectivity index (χ3v) is 4.19. The number of hydrogen-bond acceptors (Lipinski definition) is 3. The smallest absolute Gasteiger partial charge is 0.335 e. The van der Waals surface area contributed by atoms with Crippen LogP contribution in [0.3, 0.4) is 0 Å². The van der Waals surface area contributed by atoms with Gasteiger partial charge in [0.15, 0.2) is 0 Å². The van der Waals surface area contributed by atoms with E-state index in [4.69, 9.17) is 9.84 Å². The van der Waals surface area contributed by atoms with Crippen molar-refractivity contribution in [2.24, 2.45) is 0 Å². The molecule has 0 saturated carbocycles. The van der Waals surface area contributed by atoms with Crippen molar-refractivity contribution in [2.75, 3.05) is 13.1 Å². The van der Waals surface area contributed by atoms with Crippen molar-refractivity contribution < 1.29 is 14.6 Å². The number of rotatable bonds is 3. The highest BCUT2D eigenvalue weighted by Crippen LogP contribution is 2.30. The summed E-state index contributed by atoms with van der Waals surface area (Å²) in [6, 6.07) is 5.19. The average Bonchev–Trinajstić information content (AvgIpc) is 2.27. The number of hydrogen-bond donors (Lipinski definition) is 1. The second kappa shape index (κ2) is 5.71. The zero-order valence-corrected chi connectivity index (χ0v) is 14.5. The molecule has 1 fully saturated rings. The van der Waals surface area contributed by atoms with E-state index < -0.39 is 5.97 Å². The molecular weight excluding hydrogens is 334 g/mol.